The summed E-state index contributed by atoms with van der Waals surface area (Å²) in [6.45, 7) is 0. The molecular weight excluding hydrogens is 288 g/mol. The molecule has 0 aliphatic carbocycles. The number of carboxylic acid groups (broad SMARTS) is 1. The van der Waals surface area contributed by atoms with Crippen LogP contribution in [0.5, 0.6) is 5.88 Å². The van der Waals surface area contributed by atoms with Crippen LogP contribution in [0.2, 0.25) is 0 Å². The molecule has 0 saturated carbocycles. The Bertz CT molecular complexity index is 412. The van der Waals surface area contributed by atoms with Crippen molar-refractivity contribution >= 4 is 21.9 Å². The molecule has 0 aromatic carbocycles. The second-order valence-corrected chi connectivity index (χ2v) is 3.68. The number of aromatic nitrogens is 1. The second-order valence-electron chi connectivity index (χ2n) is 2.89. The summed E-state index contributed by atoms with van der Waals surface area (Å²) in [6.07, 6.45) is -3.17. The first-order valence-electron chi connectivity index (χ1n) is 4.19. The van der Waals surface area contributed by atoms with Gasteiger partial charge in [0.15, 0.2) is 0 Å². The summed E-state index contributed by atoms with van der Waals surface area (Å²) < 4.78 is 29.9. The summed E-state index contributed by atoms with van der Waals surface area (Å²) >= 11 is 2.91. The predicted octanol–water partition coefficient (Wildman–Crippen LogP) is 2.42. The van der Waals surface area contributed by atoms with Crippen molar-refractivity contribution in [3.05, 3.63) is 21.8 Å². The monoisotopic (exact) mass is 295 g/mol. The Kier molecular flexibility index (Phi) is 4.17. The zero-order valence-electron chi connectivity index (χ0n) is 8.21. The van der Waals surface area contributed by atoms with Gasteiger partial charge in [-0.1, -0.05) is 0 Å². The minimum absolute atomic E-state index is 0.00528. The van der Waals surface area contributed by atoms with Crippen LogP contribution in [0, 0.1) is 0 Å². The lowest BCUT2D eigenvalue weighted by Gasteiger charge is -2.09. The minimum Gasteiger partial charge on any atom is -0.481 e. The number of carbonyl (C=O) groups is 1. The van der Waals surface area contributed by atoms with Crippen LogP contribution in [0.1, 0.15) is 17.7 Å². The van der Waals surface area contributed by atoms with Gasteiger partial charge in [-0.3, -0.25) is 4.79 Å². The number of nitrogens with zero attached hydrogens (tertiary/aromatic N) is 1. The zero-order valence-corrected chi connectivity index (χ0v) is 9.79. The lowest BCUT2D eigenvalue weighted by Crippen LogP contribution is -2.06. The van der Waals surface area contributed by atoms with E-state index in [2.05, 4.69) is 20.9 Å². The SMILES string of the molecule is COc1cc(C(F)F)c(Br)c(CC(=O)O)n1. The first kappa shape index (κ1) is 12.8. The molecule has 0 fully saturated rings. The molecule has 4 nitrogen and oxygen atoms in total. The van der Waals surface area contributed by atoms with E-state index in [-0.39, 0.29) is 21.6 Å². The zero-order chi connectivity index (χ0) is 12.3. The standard InChI is InChI=1S/C9H8BrF2NO3/c1-16-6-2-4(9(11)12)8(10)5(13-6)3-7(14)15/h2,9H,3H2,1H3,(H,14,15). The first-order chi connectivity index (χ1) is 7.45. The average Bonchev–Trinajstić information content (AvgIpc) is 2.19. The molecule has 1 rings (SSSR count). The fraction of sp³-hybridized carbons (Fsp3) is 0.333. The fourth-order valence-corrected chi connectivity index (χ4v) is 1.62. The van der Waals surface area contributed by atoms with E-state index in [0.29, 0.717) is 0 Å². The van der Waals surface area contributed by atoms with E-state index < -0.39 is 18.8 Å². The van der Waals surface area contributed by atoms with Crippen molar-refractivity contribution in [2.75, 3.05) is 7.11 Å². The van der Waals surface area contributed by atoms with Gasteiger partial charge in [0, 0.05) is 16.1 Å². The fourth-order valence-electron chi connectivity index (χ4n) is 1.10. The Balaban J connectivity index is 3.25. The van der Waals surface area contributed by atoms with Gasteiger partial charge in [0.25, 0.3) is 6.43 Å². The third-order valence-corrected chi connectivity index (χ3v) is 2.71. The molecule has 7 heteroatoms. The molecule has 0 radical (unpaired) electrons. The number of ether oxygens (including phenoxy) is 1. The summed E-state index contributed by atoms with van der Waals surface area (Å²) in [7, 11) is 1.27. The normalized spacial score (nSPS) is 10.6. The van der Waals surface area contributed by atoms with Crippen molar-refractivity contribution in [3.63, 3.8) is 0 Å². The van der Waals surface area contributed by atoms with Crippen molar-refractivity contribution in [1.29, 1.82) is 0 Å². The van der Waals surface area contributed by atoms with Crippen LogP contribution in [-0.4, -0.2) is 23.2 Å². The molecule has 1 heterocycles. The molecule has 0 aliphatic rings. The average molecular weight is 296 g/mol. The molecule has 0 saturated heterocycles. The third kappa shape index (κ3) is 2.88. The van der Waals surface area contributed by atoms with Crippen LogP contribution < -0.4 is 4.74 Å². The number of pyridine rings is 1. The highest BCUT2D eigenvalue weighted by Crippen LogP contribution is 2.32. The van der Waals surface area contributed by atoms with Crippen molar-refractivity contribution < 1.29 is 23.4 Å². The summed E-state index contributed by atoms with van der Waals surface area (Å²) in [6, 6.07) is 1.07. The highest BCUT2D eigenvalue weighted by Gasteiger charge is 2.19. The Morgan fingerprint density at radius 1 is 1.69 bits per heavy atom. The molecule has 1 aromatic heterocycles. The molecule has 0 spiro atoms. The summed E-state index contributed by atoms with van der Waals surface area (Å²) in [4.78, 5) is 14.3. The molecule has 88 valence electrons. The van der Waals surface area contributed by atoms with Gasteiger partial charge in [-0.15, -0.1) is 0 Å². The number of aliphatic carboxylic acids is 1. The van der Waals surface area contributed by atoms with Gasteiger partial charge in [-0.2, -0.15) is 0 Å². The molecule has 0 aliphatic heterocycles. The van der Waals surface area contributed by atoms with E-state index in [4.69, 9.17) is 9.84 Å². The quantitative estimate of drug-likeness (QED) is 0.927. The maximum absolute atomic E-state index is 12.6. The predicted molar refractivity (Wildman–Crippen MR) is 54.8 cm³/mol. The van der Waals surface area contributed by atoms with Crippen LogP contribution in [0.15, 0.2) is 10.5 Å². The Morgan fingerprint density at radius 3 is 2.75 bits per heavy atom. The van der Waals surface area contributed by atoms with Gasteiger partial charge in [0.05, 0.1) is 19.2 Å². The molecule has 1 aromatic rings. The van der Waals surface area contributed by atoms with Crippen molar-refractivity contribution in [2.45, 2.75) is 12.8 Å². The van der Waals surface area contributed by atoms with Crippen LogP contribution >= 0.6 is 15.9 Å². The second kappa shape index (κ2) is 5.20. The third-order valence-electron chi connectivity index (χ3n) is 1.79. The van der Waals surface area contributed by atoms with Crippen LogP contribution in [0.4, 0.5) is 8.78 Å². The number of alkyl halides is 2. The number of rotatable bonds is 4. The van der Waals surface area contributed by atoms with Crippen molar-refractivity contribution in [2.24, 2.45) is 0 Å². The Morgan fingerprint density at radius 2 is 2.31 bits per heavy atom. The maximum Gasteiger partial charge on any atom is 0.309 e. The molecule has 1 N–H and O–H groups in total. The molecule has 0 atom stereocenters. The lowest BCUT2D eigenvalue weighted by atomic mass is 10.2. The molecule has 0 bridgehead atoms. The molecular formula is C9H8BrF2NO3. The van der Waals surface area contributed by atoms with Gasteiger partial charge in [0.2, 0.25) is 5.88 Å². The number of methoxy groups -OCH3 is 1. The van der Waals surface area contributed by atoms with Gasteiger partial charge < -0.3 is 9.84 Å². The van der Waals surface area contributed by atoms with E-state index >= 15 is 0 Å². The summed E-state index contributed by atoms with van der Waals surface area (Å²) in [5.74, 6) is -1.18. The molecule has 0 unspecified atom stereocenters. The van der Waals surface area contributed by atoms with E-state index in [1.165, 1.54) is 7.11 Å². The first-order valence-corrected chi connectivity index (χ1v) is 4.98. The van der Waals surface area contributed by atoms with E-state index in [1.807, 2.05) is 0 Å². The molecule has 16 heavy (non-hydrogen) atoms. The van der Waals surface area contributed by atoms with E-state index in [0.717, 1.165) is 6.07 Å². The van der Waals surface area contributed by atoms with E-state index in [9.17, 15) is 13.6 Å². The van der Waals surface area contributed by atoms with Gasteiger partial charge >= 0.3 is 5.97 Å². The maximum atomic E-state index is 12.6. The summed E-state index contributed by atoms with van der Waals surface area (Å²) in [5, 5.41) is 8.60. The topological polar surface area (TPSA) is 59.4 Å². The van der Waals surface area contributed by atoms with Crippen LogP contribution in [0.25, 0.3) is 0 Å². The van der Waals surface area contributed by atoms with Crippen molar-refractivity contribution in [1.82, 2.24) is 4.98 Å². The minimum atomic E-state index is -2.72. The number of halogens is 3. The van der Waals surface area contributed by atoms with Crippen molar-refractivity contribution in [3.8, 4) is 5.88 Å². The van der Waals surface area contributed by atoms with Gasteiger partial charge in [0.1, 0.15) is 0 Å². The van der Waals surface area contributed by atoms with E-state index in [1.54, 1.807) is 0 Å². The van der Waals surface area contributed by atoms with Gasteiger partial charge in [-0.05, 0) is 15.9 Å². The highest BCUT2D eigenvalue weighted by molar-refractivity contribution is 9.10. The van der Waals surface area contributed by atoms with Gasteiger partial charge in [-0.25, -0.2) is 13.8 Å². The lowest BCUT2D eigenvalue weighted by molar-refractivity contribution is -0.136. The highest BCUT2D eigenvalue weighted by atomic mass is 79.9. The Labute approximate surface area is 98.4 Å². The Hall–Kier alpha value is -1.24. The number of carboxylic acids is 1. The largest absolute Gasteiger partial charge is 0.481 e. The number of hydrogen-bond donors (Lipinski definition) is 1. The van der Waals surface area contributed by atoms with Crippen LogP contribution in [0.3, 0.4) is 0 Å². The molecule has 0 amide bonds. The smallest absolute Gasteiger partial charge is 0.309 e. The number of hydrogen-bond acceptors (Lipinski definition) is 3. The van der Waals surface area contributed by atoms with Crippen LogP contribution in [-0.2, 0) is 11.2 Å². The summed E-state index contributed by atoms with van der Waals surface area (Å²) in [5.41, 5.74) is -0.315.